The summed E-state index contributed by atoms with van der Waals surface area (Å²) < 4.78 is 32.3. The first-order valence-electron chi connectivity index (χ1n) is 13.5. The molecular weight excluding hydrogens is 668 g/mol. The van der Waals surface area contributed by atoms with E-state index >= 15 is 0 Å². The van der Waals surface area contributed by atoms with Crippen LogP contribution in [0.1, 0.15) is 46.1 Å². The molecular formula is C28H32BrClN4O8S. The van der Waals surface area contributed by atoms with E-state index in [1.807, 2.05) is 0 Å². The van der Waals surface area contributed by atoms with Crippen LogP contribution in [0.5, 0.6) is 0 Å². The van der Waals surface area contributed by atoms with Crippen molar-refractivity contribution < 1.29 is 27.9 Å². The molecule has 0 spiro atoms. The van der Waals surface area contributed by atoms with E-state index in [0.717, 1.165) is 4.57 Å². The highest BCUT2D eigenvalue weighted by Crippen LogP contribution is 2.34. The van der Waals surface area contributed by atoms with Crippen molar-refractivity contribution in [3.8, 4) is 0 Å². The molecule has 0 bridgehead atoms. The molecule has 1 saturated heterocycles. The number of carboxylic acid groups (broad SMARTS) is 1. The van der Waals surface area contributed by atoms with Crippen molar-refractivity contribution in [1.29, 1.82) is 0 Å². The minimum absolute atomic E-state index is 0.0238. The number of benzene rings is 2. The summed E-state index contributed by atoms with van der Waals surface area (Å²) in [6.07, 6.45) is -1.02. The monoisotopic (exact) mass is 698 g/mol. The number of amides is 2. The number of halogens is 2. The first kappa shape index (κ1) is 32.6. The molecule has 232 valence electrons. The van der Waals surface area contributed by atoms with Crippen LogP contribution in [0, 0.1) is 0 Å². The van der Waals surface area contributed by atoms with Gasteiger partial charge in [-0.1, -0.05) is 18.5 Å². The zero-order valence-corrected chi connectivity index (χ0v) is 27.2. The molecule has 15 heteroatoms. The van der Waals surface area contributed by atoms with Crippen LogP contribution in [-0.4, -0.2) is 70.6 Å². The largest absolute Gasteiger partial charge is 0.465 e. The van der Waals surface area contributed by atoms with E-state index in [9.17, 15) is 32.7 Å². The predicted octanol–water partition coefficient (Wildman–Crippen LogP) is 4.83. The SMILES string of the molecule is CCS(=O)(=O)c1ccc(Cl)cc1Cn1c(=O)[nH]c2cc(N(C(=O)OC(C)(C)C)C3CCN(C(=O)O)CC3)c(Br)cc2c1=O. The Hall–Kier alpha value is -3.36. The maximum Gasteiger partial charge on any atom is 0.415 e. The van der Waals surface area contributed by atoms with E-state index in [2.05, 4.69) is 20.9 Å². The number of hydrogen-bond acceptors (Lipinski definition) is 7. The summed E-state index contributed by atoms with van der Waals surface area (Å²) >= 11 is 9.60. The molecule has 3 aromatic rings. The summed E-state index contributed by atoms with van der Waals surface area (Å²) in [4.78, 5) is 57.1. The van der Waals surface area contributed by atoms with Crippen LogP contribution in [0.3, 0.4) is 0 Å². The van der Waals surface area contributed by atoms with Crippen LogP contribution in [0.4, 0.5) is 15.3 Å². The topological polar surface area (TPSA) is 159 Å². The average Bonchev–Trinajstić information content (AvgIpc) is 2.91. The number of likely N-dealkylation sites (tertiary alicyclic amines) is 1. The first-order valence-corrected chi connectivity index (χ1v) is 16.3. The van der Waals surface area contributed by atoms with E-state index in [4.69, 9.17) is 16.3 Å². The molecule has 43 heavy (non-hydrogen) atoms. The Morgan fingerprint density at radius 3 is 2.40 bits per heavy atom. The van der Waals surface area contributed by atoms with Crippen molar-refractivity contribution >= 4 is 66.1 Å². The molecule has 0 radical (unpaired) electrons. The zero-order chi connectivity index (χ0) is 31.9. The third-order valence-electron chi connectivity index (χ3n) is 7.07. The van der Waals surface area contributed by atoms with Gasteiger partial charge in [0.2, 0.25) is 0 Å². The molecule has 2 amide bonds. The molecule has 12 nitrogen and oxygen atoms in total. The number of ether oxygens (including phenoxy) is 1. The molecule has 1 aromatic heterocycles. The van der Waals surface area contributed by atoms with Gasteiger partial charge in [-0.3, -0.25) is 14.3 Å². The van der Waals surface area contributed by atoms with E-state index < -0.39 is 44.9 Å². The van der Waals surface area contributed by atoms with Gasteiger partial charge < -0.3 is 19.7 Å². The number of aromatic nitrogens is 2. The molecule has 2 heterocycles. The van der Waals surface area contributed by atoms with Gasteiger partial charge in [-0.05, 0) is 85.4 Å². The number of fused-ring (bicyclic) bond motifs is 1. The van der Waals surface area contributed by atoms with Gasteiger partial charge in [0.05, 0.1) is 33.8 Å². The lowest BCUT2D eigenvalue weighted by Gasteiger charge is -2.38. The average molecular weight is 700 g/mol. The Bertz CT molecular complexity index is 1810. The van der Waals surface area contributed by atoms with Crippen molar-refractivity contribution in [2.45, 2.75) is 63.6 Å². The van der Waals surface area contributed by atoms with Crippen LogP contribution in [0.2, 0.25) is 5.02 Å². The lowest BCUT2D eigenvalue weighted by Crippen LogP contribution is -2.50. The number of sulfone groups is 1. The number of carbonyl (C=O) groups excluding carboxylic acids is 1. The van der Waals surface area contributed by atoms with Gasteiger partial charge in [0.25, 0.3) is 5.56 Å². The number of hydrogen-bond donors (Lipinski definition) is 2. The predicted molar refractivity (Wildman–Crippen MR) is 166 cm³/mol. The van der Waals surface area contributed by atoms with Gasteiger partial charge in [0.15, 0.2) is 9.84 Å². The highest BCUT2D eigenvalue weighted by Gasteiger charge is 2.35. The van der Waals surface area contributed by atoms with E-state index in [1.165, 1.54) is 47.1 Å². The normalized spacial score (nSPS) is 14.6. The van der Waals surface area contributed by atoms with Crippen molar-refractivity contribution in [1.82, 2.24) is 14.5 Å². The van der Waals surface area contributed by atoms with E-state index in [0.29, 0.717) is 23.0 Å². The first-order chi connectivity index (χ1) is 20.0. The van der Waals surface area contributed by atoms with Crippen LogP contribution < -0.4 is 16.1 Å². The summed E-state index contributed by atoms with van der Waals surface area (Å²) in [5, 5.41) is 9.73. The lowest BCUT2D eigenvalue weighted by molar-refractivity contribution is 0.0549. The number of H-pyrrole nitrogens is 1. The Labute approximate surface area is 261 Å². The molecule has 0 unspecified atom stereocenters. The van der Waals surface area contributed by atoms with Crippen LogP contribution in [0.15, 0.2) is 49.3 Å². The number of aromatic amines is 1. The van der Waals surface area contributed by atoms with Gasteiger partial charge in [-0.15, -0.1) is 0 Å². The Balaban J connectivity index is 1.81. The Kier molecular flexibility index (Phi) is 9.33. The molecule has 4 rings (SSSR count). The van der Waals surface area contributed by atoms with Gasteiger partial charge in [-0.25, -0.2) is 22.8 Å². The molecule has 1 fully saturated rings. The van der Waals surface area contributed by atoms with Crippen LogP contribution in [0.25, 0.3) is 10.9 Å². The maximum atomic E-state index is 13.6. The molecule has 0 aliphatic carbocycles. The minimum Gasteiger partial charge on any atom is -0.465 e. The van der Waals surface area contributed by atoms with Gasteiger partial charge in [0, 0.05) is 28.6 Å². The van der Waals surface area contributed by atoms with Gasteiger partial charge in [0.1, 0.15) is 5.60 Å². The summed E-state index contributed by atoms with van der Waals surface area (Å²) in [7, 11) is -3.67. The van der Waals surface area contributed by atoms with Crippen LogP contribution in [-0.2, 0) is 21.1 Å². The number of anilines is 1. The Morgan fingerprint density at radius 1 is 1.16 bits per heavy atom. The quantitative estimate of drug-likeness (QED) is 0.370. The summed E-state index contributed by atoms with van der Waals surface area (Å²) in [5.41, 5.74) is -1.62. The zero-order valence-electron chi connectivity index (χ0n) is 24.0. The minimum atomic E-state index is -3.67. The van der Waals surface area contributed by atoms with Crippen molar-refractivity contribution in [3.63, 3.8) is 0 Å². The standard InChI is InChI=1S/C28H32BrClN4O8S/c1-5-43(40,41)23-7-6-17(30)12-16(23)15-33-24(35)19-13-20(29)22(14-21(19)31-25(33)36)34(27(39)42-28(2,3)4)18-8-10-32(11-9-18)26(37)38/h6-7,12-14,18H,5,8-11,15H2,1-4H3,(H,31,36)(H,37,38). The van der Waals surface area contributed by atoms with Crippen molar-refractivity contribution in [2.75, 3.05) is 23.7 Å². The lowest BCUT2D eigenvalue weighted by atomic mass is 10.0. The second-order valence-corrected chi connectivity index (χ2v) is 14.7. The molecule has 0 saturated carbocycles. The van der Waals surface area contributed by atoms with Gasteiger partial charge in [-0.2, -0.15) is 0 Å². The van der Waals surface area contributed by atoms with Crippen molar-refractivity contribution in [3.05, 3.63) is 66.2 Å². The van der Waals surface area contributed by atoms with Gasteiger partial charge >= 0.3 is 17.9 Å². The molecule has 1 aliphatic heterocycles. The Morgan fingerprint density at radius 2 is 1.81 bits per heavy atom. The molecule has 2 aromatic carbocycles. The summed E-state index contributed by atoms with van der Waals surface area (Å²) in [6, 6.07) is 6.74. The second-order valence-electron chi connectivity index (χ2n) is 11.2. The number of nitrogens with zero attached hydrogens (tertiary/aromatic N) is 3. The number of carbonyl (C=O) groups is 2. The molecule has 1 aliphatic rings. The fourth-order valence-corrected chi connectivity index (χ4v) is 6.80. The third-order valence-corrected chi connectivity index (χ3v) is 9.76. The highest BCUT2D eigenvalue weighted by molar-refractivity contribution is 9.10. The van der Waals surface area contributed by atoms with E-state index in [-0.39, 0.29) is 51.8 Å². The maximum absolute atomic E-state index is 13.6. The highest BCUT2D eigenvalue weighted by atomic mass is 79.9. The molecule has 0 atom stereocenters. The number of rotatable bonds is 6. The van der Waals surface area contributed by atoms with Crippen molar-refractivity contribution in [2.24, 2.45) is 0 Å². The fraction of sp³-hybridized carbons (Fsp3) is 0.429. The second kappa shape index (κ2) is 12.3. The summed E-state index contributed by atoms with van der Waals surface area (Å²) in [5.74, 6) is -0.177. The third kappa shape index (κ3) is 7.07. The number of piperidine rings is 1. The molecule has 2 N–H and O–H groups in total. The fourth-order valence-electron chi connectivity index (χ4n) is 4.96. The van der Waals surface area contributed by atoms with Crippen LogP contribution >= 0.6 is 27.5 Å². The number of nitrogens with one attached hydrogen (secondary N) is 1. The summed E-state index contributed by atoms with van der Waals surface area (Å²) in [6.45, 7) is 6.75. The smallest absolute Gasteiger partial charge is 0.415 e. The van der Waals surface area contributed by atoms with E-state index in [1.54, 1.807) is 20.8 Å².